The van der Waals surface area contributed by atoms with Crippen molar-refractivity contribution in [2.24, 2.45) is 0 Å². The van der Waals surface area contributed by atoms with Crippen molar-refractivity contribution in [3.63, 3.8) is 0 Å². The molecule has 2 aromatic rings. The summed E-state index contributed by atoms with van der Waals surface area (Å²) in [7, 11) is 0. The van der Waals surface area contributed by atoms with Gasteiger partial charge < -0.3 is 18.9 Å². The van der Waals surface area contributed by atoms with E-state index in [9.17, 15) is 0 Å². The van der Waals surface area contributed by atoms with Crippen LogP contribution < -0.4 is 9.47 Å². The molecule has 2 unspecified atom stereocenters. The minimum atomic E-state index is 0.267. The number of hydrogen-bond acceptors (Lipinski definition) is 4. The maximum absolute atomic E-state index is 6.45. The molecule has 0 bridgehead atoms. The fourth-order valence-electron chi connectivity index (χ4n) is 5.11. The third-order valence-electron chi connectivity index (χ3n) is 7.65. The molecule has 2 atom stereocenters. The zero-order chi connectivity index (χ0) is 26.7. The number of epoxide rings is 2. The topological polar surface area (TPSA) is 43.5 Å². The molecule has 4 nitrogen and oxygen atoms in total. The van der Waals surface area contributed by atoms with E-state index in [0.717, 1.165) is 50.4 Å². The molecule has 2 aliphatic heterocycles. The molecule has 38 heavy (non-hydrogen) atoms. The number of hydrogen-bond donors (Lipinski definition) is 0. The molecule has 0 N–H and O–H groups in total. The molecule has 0 amide bonds. The predicted octanol–water partition coefficient (Wildman–Crippen LogP) is 8.28. The zero-order valence-electron chi connectivity index (χ0n) is 24.4. The van der Waals surface area contributed by atoms with Crippen molar-refractivity contribution >= 4 is 0 Å². The highest BCUT2D eigenvalue weighted by molar-refractivity contribution is 5.71. The van der Waals surface area contributed by atoms with Crippen LogP contribution in [0.25, 0.3) is 11.1 Å². The molecule has 0 aromatic heterocycles. The van der Waals surface area contributed by atoms with Gasteiger partial charge in [-0.1, -0.05) is 53.4 Å². The van der Waals surface area contributed by atoms with Crippen LogP contribution in [0.5, 0.6) is 11.5 Å². The molecule has 2 heterocycles. The maximum atomic E-state index is 6.45. The van der Waals surface area contributed by atoms with Crippen molar-refractivity contribution < 1.29 is 18.9 Å². The van der Waals surface area contributed by atoms with Crippen LogP contribution in [0.4, 0.5) is 0 Å². The number of aryl methyl sites for hydroxylation is 4. The van der Waals surface area contributed by atoms with Gasteiger partial charge in [-0.05, 0) is 109 Å². The molecule has 2 aromatic carbocycles. The minimum absolute atomic E-state index is 0.267. The molecule has 2 fully saturated rings. The van der Waals surface area contributed by atoms with Gasteiger partial charge in [0.25, 0.3) is 0 Å². The van der Waals surface area contributed by atoms with Crippen LogP contribution in [0.3, 0.4) is 0 Å². The number of ether oxygens (including phenoxy) is 4. The Morgan fingerprint density at radius 3 is 1.08 bits per heavy atom. The number of benzene rings is 2. The lowest BCUT2D eigenvalue weighted by atomic mass is 9.90. The van der Waals surface area contributed by atoms with Crippen molar-refractivity contribution in [2.45, 2.75) is 117 Å². The van der Waals surface area contributed by atoms with E-state index in [1.54, 1.807) is 0 Å². The summed E-state index contributed by atoms with van der Waals surface area (Å²) in [6.07, 6.45) is 14.2. The molecule has 0 spiro atoms. The third-order valence-corrected chi connectivity index (χ3v) is 7.65. The van der Waals surface area contributed by atoms with Gasteiger partial charge in [0, 0.05) is 0 Å². The SMILES string of the molecule is CCCCc1cc(-c2cc(CCCC)c(OCC3CO3)c(CCCC)c2)cc(CCCC)c1OCC1CO1. The van der Waals surface area contributed by atoms with E-state index in [1.807, 2.05) is 0 Å². The minimum Gasteiger partial charge on any atom is -0.490 e. The standard InChI is InChI=1S/C34H50O4/c1-5-9-13-25-17-29(18-26(14-10-6-2)33(25)37-23-31-21-35-31)30-19-27(15-11-7-3)34(38-24-32-22-36-32)28(20-30)16-12-8-4/h17-20,31-32H,5-16,21-24H2,1-4H3. The van der Waals surface area contributed by atoms with Gasteiger partial charge in [-0.15, -0.1) is 0 Å². The van der Waals surface area contributed by atoms with Crippen LogP contribution in [0.15, 0.2) is 24.3 Å². The van der Waals surface area contributed by atoms with Crippen molar-refractivity contribution in [3.8, 4) is 22.6 Å². The van der Waals surface area contributed by atoms with Gasteiger partial charge in [0.15, 0.2) is 0 Å². The Morgan fingerprint density at radius 2 is 0.842 bits per heavy atom. The van der Waals surface area contributed by atoms with Gasteiger partial charge in [0.1, 0.15) is 36.9 Å². The summed E-state index contributed by atoms with van der Waals surface area (Å²) in [6.45, 7) is 12.1. The highest BCUT2D eigenvalue weighted by Gasteiger charge is 2.26. The van der Waals surface area contributed by atoms with Gasteiger partial charge in [-0.25, -0.2) is 0 Å². The molecule has 2 saturated heterocycles. The van der Waals surface area contributed by atoms with Crippen LogP contribution in [0.1, 0.15) is 101 Å². The third kappa shape index (κ3) is 8.48. The molecule has 0 aliphatic carbocycles. The lowest BCUT2D eigenvalue weighted by Crippen LogP contribution is -2.10. The summed E-state index contributed by atoms with van der Waals surface area (Å²) in [5.41, 5.74) is 8.06. The second kappa shape index (κ2) is 14.9. The van der Waals surface area contributed by atoms with E-state index >= 15 is 0 Å². The maximum Gasteiger partial charge on any atom is 0.125 e. The van der Waals surface area contributed by atoms with Crippen LogP contribution in [-0.4, -0.2) is 38.6 Å². The lowest BCUT2D eigenvalue weighted by Gasteiger charge is -2.21. The van der Waals surface area contributed by atoms with Gasteiger partial charge in [0.05, 0.1) is 13.2 Å². The van der Waals surface area contributed by atoms with Crippen molar-refractivity contribution in [1.82, 2.24) is 0 Å². The van der Waals surface area contributed by atoms with Gasteiger partial charge in [-0.3, -0.25) is 0 Å². The molecule has 2 aliphatic rings. The average Bonchev–Trinajstić information content (AvgIpc) is 3.86. The Hall–Kier alpha value is -2.04. The van der Waals surface area contributed by atoms with Crippen molar-refractivity contribution in [2.75, 3.05) is 26.4 Å². The van der Waals surface area contributed by atoms with Crippen molar-refractivity contribution in [1.29, 1.82) is 0 Å². The second-order valence-corrected chi connectivity index (χ2v) is 11.2. The quantitative estimate of drug-likeness (QED) is 0.174. The summed E-state index contributed by atoms with van der Waals surface area (Å²) in [4.78, 5) is 0. The highest BCUT2D eigenvalue weighted by atomic mass is 16.6. The number of unbranched alkanes of at least 4 members (excludes halogenated alkanes) is 4. The first-order valence-electron chi connectivity index (χ1n) is 15.5. The summed E-state index contributed by atoms with van der Waals surface area (Å²) in [6, 6.07) is 9.65. The molecule has 4 heteroatoms. The van der Waals surface area contributed by atoms with E-state index in [2.05, 4.69) is 52.0 Å². The second-order valence-electron chi connectivity index (χ2n) is 11.2. The Morgan fingerprint density at radius 1 is 0.553 bits per heavy atom. The van der Waals surface area contributed by atoms with Gasteiger partial charge >= 0.3 is 0 Å². The largest absolute Gasteiger partial charge is 0.490 e. The van der Waals surface area contributed by atoms with E-state index < -0.39 is 0 Å². The fourth-order valence-corrected chi connectivity index (χ4v) is 5.11. The fraction of sp³-hybridized carbons (Fsp3) is 0.647. The smallest absolute Gasteiger partial charge is 0.125 e. The predicted molar refractivity (Wildman–Crippen MR) is 157 cm³/mol. The first-order valence-corrected chi connectivity index (χ1v) is 15.5. The summed E-state index contributed by atoms with van der Waals surface area (Å²) in [5.74, 6) is 2.24. The van der Waals surface area contributed by atoms with E-state index in [4.69, 9.17) is 18.9 Å². The summed E-state index contributed by atoms with van der Waals surface area (Å²) >= 11 is 0. The monoisotopic (exact) mass is 522 g/mol. The molecule has 0 radical (unpaired) electrons. The first-order chi connectivity index (χ1) is 18.7. The highest BCUT2D eigenvalue weighted by Crippen LogP contribution is 2.38. The summed E-state index contributed by atoms with van der Waals surface area (Å²) in [5, 5.41) is 0. The first kappa shape index (κ1) is 29.0. The van der Waals surface area contributed by atoms with E-state index in [-0.39, 0.29) is 12.2 Å². The normalized spacial score (nSPS) is 18.0. The molecular formula is C34H50O4. The summed E-state index contributed by atoms with van der Waals surface area (Å²) < 4.78 is 23.8. The molecule has 4 rings (SSSR count). The molecule has 210 valence electrons. The zero-order valence-corrected chi connectivity index (χ0v) is 24.4. The molecular weight excluding hydrogens is 472 g/mol. The Bertz CT molecular complexity index is 866. The van der Waals surface area contributed by atoms with Crippen LogP contribution in [0.2, 0.25) is 0 Å². The van der Waals surface area contributed by atoms with Crippen LogP contribution in [-0.2, 0) is 35.2 Å². The Balaban J connectivity index is 1.75. The average molecular weight is 523 g/mol. The van der Waals surface area contributed by atoms with E-state index in [1.165, 1.54) is 84.7 Å². The van der Waals surface area contributed by atoms with E-state index in [0.29, 0.717) is 13.2 Å². The van der Waals surface area contributed by atoms with Crippen molar-refractivity contribution in [3.05, 3.63) is 46.5 Å². The Kier molecular flexibility index (Phi) is 11.4. The lowest BCUT2D eigenvalue weighted by molar-refractivity contribution is 0.258. The van der Waals surface area contributed by atoms with Crippen LogP contribution >= 0.6 is 0 Å². The Labute approximate surface area is 231 Å². The van der Waals surface area contributed by atoms with Crippen LogP contribution in [0, 0.1) is 0 Å². The van der Waals surface area contributed by atoms with Gasteiger partial charge in [-0.2, -0.15) is 0 Å². The number of rotatable bonds is 19. The molecule has 0 saturated carbocycles. The van der Waals surface area contributed by atoms with Gasteiger partial charge in [0.2, 0.25) is 0 Å².